The summed E-state index contributed by atoms with van der Waals surface area (Å²) in [6, 6.07) is 0.261. The molecule has 7 heteroatoms. The highest BCUT2D eigenvalue weighted by atomic mass is 16.6. The minimum absolute atomic E-state index is 0.0110. The Morgan fingerprint density at radius 3 is 3.00 bits per heavy atom. The summed E-state index contributed by atoms with van der Waals surface area (Å²) < 4.78 is 5.33. The molecule has 26 heavy (non-hydrogen) atoms. The van der Waals surface area contributed by atoms with Crippen LogP contribution in [0.4, 0.5) is 0 Å². The molecule has 0 aliphatic carbocycles. The van der Waals surface area contributed by atoms with Gasteiger partial charge in [0, 0.05) is 44.1 Å². The molecule has 0 bridgehead atoms. The first-order valence-electron chi connectivity index (χ1n) is 9.50. The van der Waals surface area contributed by atoms with Gasteiger partial charge in [0.05, 0.1) is 17.7 Å². The fraction of sp³-hybridized carbons (Fsp3) is 0.684. The topological polar surface area (TPSA) is 84.4 Å². The summed E-state index contributed by atoms with van der Waals surface area (Å²) in [5.74, 6) is 0.303. The first-order chi connectivity index (χ1) is 12.4. The molecule has 4 heterocycles. The Labute approximate surface area is 153 Å². The molecular weight excluding hydrogens is 332 g/mol. The third-order valence-corrected chi connectivity index (χ3v) is 5.55. The van der Waals surface area contributed by atoms with Gasteiger partial charge in [0.2, 0.25) is 5.91 Å². The highest BCUT2D eigenvalue weighted by Gasteiger charge is 2.41. The van der Waals surface area contributed by atoms with Crippen LogP contribution < -0.4 is 5.32 Å². The van der Waals surface area contributed by atoms with Crippen LogP contribution in [0.25, 0.3) is 0 Å². The third-order valence-electron chi connectivity index (χ3n) is 5.55. The van der Waals surface area contributed by atoms with Crippen molar-refractivity contribution < 1.29 is 14.3 Å². The molecule has 2 saturated heterocycles. The number of hydrogen-bond acceptors (Lipinski definition) is 6. The van der Waals surface area contributed by atoms with Crippen molar-refractivity contribution >= 4 is 11.9 Å². The lowest BCUT2D eigenvalue weighted by Gasteiger charge is -2.29. The van der Waals surface area contributed by atoms with Crippen LogP contribution in [0.5, 0.6) is 0 Å². The average molecular weight is 358 g/mol. The van der Waals surface area contributed by atoms with Crippen LogP contribution in [0.1, 0.15) is 62.7 Å². The van der Waals surface area contributed by atoms with Gasteiger partial charge in [0.15, 0.2) is 0 Å². The van der Waals surface area contributed by atoms with Gasteiger partial charge in [-0.1, -0.05) is 0 Å². The lowest BCUT2D eigenvalue weighted by molar-refractivity contribution is -0.150. The van der Waals surface area contributed by atoms with E-state index >= 15 is 0 Å². The zero-order valence-electron chi connectivity index (χ0n) is 15.5. The van der Waals surface area contributed by atoms with Gasteiger partial charge in [0.1, 0.15) is 11.4 Å². The molecule has 0 spiro atoms. The number of nitrogens with one attached hydrogen (secondary N) is 1. The second-order valence-electron chi connectivity index (χ2n) is 8.20. The molecule has 1 aromatic rings. The van der Waals surface area contributed by atoms with Crippen LogP contribution in [0.15, 0.2) is 6.20 Å². The number of hydrogen-bond donors (Lipinski definition) is 1. The maximum absolute atomic E-state index is 12.7. The van der Waals surface area contributed by atoms with Crippen molar-refractivity contribution in [2.75, 3.05) is 13.1 Å². The van der Waals surface area contributed by atoms with Crippen LogP contribution in [-0.2, 0) is 27.3 Å². The van der Waals surface area contributed by atoms with Crippen molar-refractivity contribution in [1.82, 2.24) is 20.2 Å². The summed E-state index contributed by atoms with van der Waals surface area (Å²) in [7, 11) is 0. The Morgan fingerprint density at radius 2 is 2.31 bits per heavy atom. The molecule has 0 unspecified atom stereocenters. The summed E-state index contributed by atoms with van der Waals surface area (Å²) in [4.78, 5) is 35.7. The van der Waals surface area contributed by atoms with Crippen molar-refractivity contribution in [3.63, 3.8) is 0 Å². The molecule has 0 saturated carbocycles. The lowest BCUT2D eigenvalue weighted by Crippen LogP contribution is -2.38. The monoisotopic (exact) mass is 358 g/mol. The third kappa shape index (κ3) is 3.45. The van der Waals surface area contributed by atoms with Gasteiger partial charge in [-0.05, 0) is 33.2 Å². The first kappa shape index (κ1) is 17.4. The van der Waals surface area contributed by atoms with Crippen molar-refractivity contribution in [2.24, 2.45) is 5.92 Å². The van der Waals surface area contributed by atoms with Gasteiger partial charge in [-0.15, -0.1) is 0 Å². The molecule has 1 amide bonds. The zero-order valence-corrected chi connectivity index (χ0v) is 15.5. The Bertz CT molecular complexity index is 727. The second-order valence-corrected chi connectivity index (χ2v) is 8.20. The number of carbonyl (C=O) groups is 2. The molecule has 3 aliphatic rings. The van der Waals surface area contributed by atoms with Crippen molar-refractivity contribution in [1.29, 1.82) is 0 Å². The fourth-order valence-corrected chi connectivity index (χ4v) is 4.19. The van der Waals surface area contributed by atoms with E-state index in [0.717, 1.165) is 42.9 Å². The highest BCUT2D eigenvalue weighted by molar-refractivity contribution is 5.84. The molecule has 140 valence electrons. The smallest absolute Gasteiger partial charge is 0.310 e. The minimum atomic E-state index is -0.463. The van der Waals surface area contributed by atoms with Gasteiger partial charge < -0.3 is 15.0 Å². The van der Waals surface area contributed by atoms with Gasteiger partial charge >= 0.3 is 5.97 Å². The Morgan fingerprint density at radius 1 is 1.46 bits per heavy atom. The van der Waals surface area contributed by atoms with E-state index in [1.54, 1.807) is 0 Å². The van der Waals surface area contributed by atoms with E-state index in [4.69, 9.17) is 9.72 Å². The van der Waals surface area contributed by atoms with E-state index in [9.17, 15) is 9.59 Å². The van der Waals surface area contributed by atoms with Crippen molar-refractivity contribution in [3.05, 3.63) is 23.3 Å². The standard InChI is InChI=1S/C19H26N4O3/c1-19(2)9-12(18(25)26-19)8-16(24)23-7-5-14-13(11-23)10-21-17(22-14)15-4-3-6-20-15/h10,12,15,20H,3-9,11H2,1-2H3/t12-,15+/m1/s1. The molecule has 1 aromatic heterocycles. The molecule has 3 aliphatic heterocycles. The summed E-state index contributed by atoms with van der Waals surface area (Å²) in [5.41, 5.74) is 1.60. The van der Waals surface area contributed by atoms with Gasteiger partial charge in [0.25, 0.3) is 0 Å². The molecule has 1 N–H and O–H groups in total. The molecular formula is C19H26N4O3. The van der Waals surface area contributed by atoms with E-state index < -0.39 is 5.60 Å². The number of cyclic esters (lactones) is 1. The van der Waals surface area contributed by atoms with Gasteiger partial charge in [-0.2, -0.15) is 0 Å². The highest BCUT2D eigenvalue weighted by Crippen LogP contribution is 2.33. The number of nitrogens with zero attached hydrogens (tertiary/aromatic N) is 3. The van der Waals surface area contributed by atoms with Crippen LogP contribution >= 0.6 is 0 Å². The second kappa shape index (κ2) is 6.61. The maximum atomic E-state index is 12.7. The Hall–Kier alpha value is -2.02. The van der Waals surface area contributed by atoms with E-state index in [1.807, 2.05) is 24.9 Å². The summed E-state index contributed by atoms with van der Waals surface area (Å²) in [5, 5.41) is 3.42. The van der Waals surface area contributed by atoms with E-state index in [0.29, 0.717) is 19.5 Å². The number of amides is 1. The maximum Gasteiger partial charge on any atom is 0.310 e. The number of esters is 1. The van der Waals surface area contributed by atoms with Crippen LogP contribution in [-0.4, -0.2) is 45.4 Å². The van der Waals surface area contributed by atoms with E-state index in [2.05, 4.69) is 10.3 Å². The SMILES string of the molecule is CC1(C)C[C@@H](CC(=O)N2CCc3nc([C@@H]4CCCN4)ncc3C2)C(=O)O1. The predicted octanol–water partition coefficient (Wildman–Crippen LogP) is 1.52. The molecule has 0 aromatic carbocycles. The normalized spacial score (nSPS) is 27.3. The predicted molar refractivity (Wildman–Crippen MR) is 94.0 cm³/mol. The summed E-state index contributed by atoms with van der Waals surface area (Å²) in [6.45, 7) is 5.97. The molecule has 2 fully saturated rings. The number of carbonyl (C=O) groups excluding carboxylic acids is 2. The van der Waals surface area contributed by atoms with Crippen LogP contribution in [0.2, 0.25) is 0 Å². The van der Waals surface area contributed by atoms with Gasteiger partial charge in [-0.25, -0.2) is 9.97 Å². The van der Waals surface area contributed by atoms with E-state index in [1.165, 1.54) is 0 Å². The van der Waals surface area contributed by atoms with Crippen LogP contribution in [0, 0.1) is 5.92 Å². The quantitative estimate of drug-likeness (QED) is 0.825. The minimum Gasteiger partial charge on any atom is -0.459 e. The van der Waals surface area contributed by atoms with E-state index in [-0.39, 0.29) is 30.3 Å². The lowest BCUT2D eigenvalue weighted by atomic mass is 9.94. The first-order valence-corrected chi connectivity index (χ1v) is 9.50. The molecule has 7 nitrogen and oxygen atoms in total. The summed E-state index contributed by atoms with van der Waals surface area (Å²) in [6.07, 6.45) is 5.67. The number of ether oxygens (including phenoxy) is 1. The van der Waals surface area contributed by atoms with Crippen molar-refractivity contribution in [2.45, 2.75) is 64.1 Å². The number of fused-ring (bicyclic) bond motifs is 1. The molecule has 4 rings (SSSR count). The molecule has 0 radical (unpaired) electrons. The van der Waals surface area contributed by atoms with Crippen LogP contribution in [0.3, 0.4) is 0 Å². The number of rotatable bonds is 3. The fourth-order valence-electron chi connectivity index (χ4n) is 4.19. The average Bonchev–Trinajstić information content (AvgIpc) is 3.22. The largest absolute Gasteiger partial charge is 0.459 e. The van der Waals surface area contributed by atoms with Crippen molar-refractivity contribution in [3.8, 4) is 0 Å². The Kier molecular flexibility index (Phi) is 4.42. The summed E-state index contributed by atoms with van der Waals surface area (Å²) >= 11 is 0. The van der Waals surface area contributed by atoms with Gasteiger partial charge in [-0.3, -0.25) is 9.59 Å². The molecule has 2 atom stereocenters. The number of aromatic nitrogens is 2. The Balaban J connectivity index is 1.40. The zero-order chi connectivity index (χ0) is 18.3.